The normalized spacial score (nSPS) is 35.2. The Morgan fingerprint density at radius 3 is 2.64 bits per heavy atom. The SMILES string of the molecule is NCC1OCCOC12CCC2. The van der Waals surface area contributed by atoms with Crippen molar-refractivity contribution in [3.8, 4) is 0 Å². The summed E-state index contributed by atoms with van der Waals surface area (Å²) in [6, 6.07) is 0. The molecule has 0 aromatic heterocycles. The van der Waals surface area contributed by atoms with Gasteiger partial charge in [-0.15, -0.1) is 0 Å². The molecule has 64 valence electrons. The number of rotatable bonds is 1. The average Bonchev–Trinajstić information content (AvgIpc) is 2.01. The molecule has 1 aliphatic heterocycles. The van der Waals surface area contributed by atoms with Crippen LogP contribution < -0.4 is 5.73 Å². The first kappa shape index (κ1) is 7.53. The fourth-order valence-corrected chi connectivity index (χ4v) is 1.95. The first-order valence-electron chi connectivity index (χ1n) is 4.33. The van der Waals surface area contributed by atoms with E-state index in [0.29, 0.717) is 13.2 Å². The van der Waals surface area contributed by atoms with Gasteiger partial charge >= 0.3 is 0 Å². The third-order valence-corrected chi connectivity index (χ3v) is 2.79. The summed E-state index contributed by atoms with van der Waals surface area (Å²) >= 11 is 0. The van der Waals surface area contributed by atoms with Crippen LogP contribution in [0.3, 0.4) is 0 Å². The Balaban J connectivity index is 2.02. The molecule has 3 nitrogen and oxygen atoms in total. The van der Waals surface area contributed by atoms with Gasteiger partial charge in [-0.25, -0.2) is 0 Å². The fraction of sp³-hybridized carbons (Fsp3) is 1.00. The van der Waals surface area contributed by atoms with E-state index in [9.17, 15) is 0 Å². The Morgan fingerprint density at radius 2 is 2.18 bits per heavy atom. The first-order chi connectivity index (χ1) is 5.37. The second-order valence-corrected chi connectivity index (χ2v) is 3.36. The first-order valence-corrected chi connectivity index (χ1v) is 4.33. The smallest absolute Gasteiger partial charge is 0.0987 e. The zero-order chi connectivity index (χ0) is 7.73. The quantitative estimate of drug-likeness (QED) is 0.594. The number of ether oxygens (including phenoxy) is 2. The van der Waals surface area contributed by atoms with Crippen LogP contribution in [0.4, 0.5) is 0 Å². The highest BCUT2D eigenvalue weighted by atomic mass is 16.6. The maximum atomic E-state index is 5.70. The van der Waals surface area contributed by atoms with Gasteiger partial charge in [-0.3, -0.25) is 0 Å². The van der Waals surface area contributed by atoms with Crippen LogP contribution >= 0.6 is 0 Å². The summed E-state index contributed by atoms with van der Waals surface area (Å²) in [6.07, 6.45) is 3.69. The average molecular weight is 157 g/mol. The summed E-state index contributed by atoms with van der Waals surface area (Å²) in [4.78, 5) is 0. The van der Waals surface area contributed by atoms with Gasteiger partial charge in [0, 0.05) is 6.54 Å². The van der Waals surface area contributed by atoms with Gasteiger partial charge in [0.2, 0.25) is 0 Å². The molecule has 11 heavy (non-hydrogen) atoms. The lowest BCUT2D eigenvalue weighted by Gasteiger charge is -2.49. The minimum Gasteiger partial charge on any atom is -0.371 e. The maximum Gasteiger partial charge on any atom is 0.0987 e. The molecule has 1 spiro atoms. The third-order valence-electron chi connectivity index (χ3n) is 2.79. The maximum absolute atomic E-state index is 5.70. The molecule has 0 amide bonds. The van der Waals surface area contributed by atoms with E-state index in [1.807, 2.05) is 0 Å². The molecule has 3 heteroatoms. The van der Waals surface area contributed by atoms with Gasteiger partial charge in [0.15, 0.2) is 0 Å². The van der Waals surface area contributed by atoms with Crippen molar-refractivity contribution in [2.45, 2.75) is 31.0 Å². The molecule has 2 rings (SSSR count). The fourth-order valence-electron chi connectivity index (χ4n) is 1.95. The molecular weight excluding hydrogens is 142 g/mol. The van der Waals surface area contributed by atoms with Crippen molar-refractivity contribution < 1.29 is 9.47 Å². The minimum atomic E-state index is 0.0208. The molecule has 1 unspecified atom stereocenters. The highest BCUT2D eigenvalue weighted by molar-refractivity contribution is 4.98. The molecule has 1 saturated carbocycles. The van der Waals surface area contributed by atoms with Gasteiger partial charge < -0.3 is 15.2 Å². The summed E-state index contributed by atoms with van der Waals surface area (Å²) in [5.74, 6) is 0. The van der Waals surface area contributed by atoms with Crippen molar-refractivity contribution >= 4 is 0 Å². The van der Waals surface area contributed by atoms with Crippen LogP contribution in [0.25, 0.3) is 0 Å². The molecule has 0 aromatic rings. The largest absolute Gasteiger partial charge is 0.371 e. The van der Waals surface area contributed by atoms with Crippen molar-refractivity contribution in [1.29, 1.82) is 0 Å². The molecule has 2 aliphatic rings. The van der Waals surface area contributed by atoms with Crippen LogP contribution in [0.15, 0.2) is 0 Å². The molecule has 1 heterocycles. The zero-order valence-electron chi connectivity index (χ0n) is 6.71. The summed E-state index contributed by atoms with van der Waals surface area (Å²) in [6.45, 7) is 2.06. The molecule has 2 fully saturated rings. The van der Waals surface area contributed by atoms with Crippen LogP contribution in [0, 0.1) is 0 Å². The van der Waals surface area contributed by atoms with Crippen LogP contribution in [0.5, 0.6) is 0 Å². The summed E-state index contributed by atoms with van der Waals surface area (Å²) in [5, 5.41) is 0. The van der Waals surface area contributed by atoms with E-state index in [1.54, 1.807) is 0 Å². The second-order valence-electron chi connectivity index (χ2n) is 3.36. The number of hydrogen-bond donors (Lipinski definition) is 1. The van der Waals surface area contributed by atoms with Crippen LogP contribution in [0.1, 0.15) is 19.3 Å². The van der Waals surface area contributed by atoms with Gasteiger partial charge in [0.05, 0.1) is 24.9 Å². The topological polar surface area (TPSA) is 44.5 Å². The lowest BCUT2D eigenvalue weighted by molar-refractivity contribution is -0.231. The number of hydrogen-bond acceptors (Lipinski definition) is 3. The van der Waals surface area contributed by atoms with Gasteiger partial charge in [0.25, 0.3) is 0 Å². The van der Waals surface area contributed by atoms with E-state index in [0.717, 1.165) is 19.4 Å². The van der Waals surface area contributed by atoms with E-state index in [-0.39, 0.29) is 11.7 Å². The molecule has 0 bridgehead atoms. The lowest BCUT2D eigenvalue weighted by atomic mass is 9.75. The highest BCUT2D eigenvalue weighted by Gasteiger charge is 2.47. The predicted octanol–water partition coefficient (Wildman–Crippen LogP) is 0.283. The predicted molar refractivity (Wildman–Crippen MR) is 41.3 cm³/mol. The van der Waals surface area contributed by atoms with E-state index >= 15 is 0 Å². The summed E-state index contributed by atoms with van der Waals surface area (Å²) < 4.78 is 11.2. The van der Waals surface area contributed by atoms with E-state index < -0.39 is 0 Å². The summed E-state index contributed by atoms with van der Waals surface area (Å²) in [7, 11) is 0. The Bertz CT molecular complexity index is 145. The molecular formula is C8H15NO2. The van der Waals surface area contributed by atoms with Crippen LogP contribution in [-0.2, 0) is 9.47 Å². The van der Waals surface area contributed by atoms with E-state index in [1.165, 1.54) is 6.42 Å². The molecule has 1 aliphatic carbocycles. The van der Waals surface area contributed by atoms with Crippen molar-refractivity contribution in [2.75, 3.05) is 19.8 Å². The van der Waals surface area contributed by atoms with Crippen molar-refractivity contribution in [3.63, 3.8) is 0 Å². The molecule has 1 saturated heterocycles. The van der Waals surface area contributed by atoms with Crippen LogP contribution in [0.2, 0.25) is 0 Å². The minimum absolute atomic E-state index is 0.0208. The molecule has 1 atom stereocenters. The van der Waals surface area contributed by atoms with Crippen molar-refractivity contribution in [3.05, 3.63) is 0 Å². The number of nitrogens with two attached hydrogens (primary N) is 1. The Hall–Kier alpha value is -0.120. The van der Waals surface area contributed by atoms with Gasteiger partial charge in [-0.2, -0.15) is 0 Å². The molecule has 2 N–H and O–H groups in total. The second kappa shape index (κ2) is 2.73. The molecule has 0 radical (unpaired) electrons. The van der Waals surface area contributed by atoms with Crippen molar-refractivity contribution in [2.24, 2.45) is 5.73 Å². The Labute approximate surface area is 66.8 Å². The van der Waals surface area contributed by atoms with Gasteiger partial charge in [-0.1, -0.05) is 0 Å². The van der Waals surface area contributed by atoms with E-state index in [2.05, 4.69) is 0 Å². The van der Waals surface area contributed by atoms with Crippen molar-refractivity contribution in [1.82, 2.24) is 0 Å². The molecule has 0 aromatic carbocycles. The Morgan fingerprint density at radius 1 is 1.36 bits per heavy atom. The monoisotopic (exact) mass is 157 g/mol. The van der Waals surface area contributed by atoms with Gasteiger partial charge in [-0.05, 0) is 19.3 Å². The standard InChI is InChI=1S/C8H15NO2/c9-6-7-8(2-1-3-8)11-5-4-10-7/h7H,1-6,9H2. The van der Waals surface area contributed by atoms with Crippen LogP contribution in [-0.4, -0.2) is 31.5 Å². The third kappa shape index (κ3) is 1.08. The zero-order valence-corrected chi connectivity index (χ0v) is 6.71. The summed E-state index contributed by atoms with van der Waals surface area (Å²) in [5.41, 5.74) is 5.60. The Kier molecular flexibility index (Phi) is 1.87. The highest BCUT2D eigenvalue weighted by Crippen LogP contribution is 2.41. The van der Waals surface area contributed by atoms with E-state index in [4.69, 9.17) is 15.2 Å². The van der Waals surface area contributed by atoms with Gasteiger partial charge in [0.1, 0.15) is 0 Å². The lowest BCUT2D eigenvalue weighted by Crippen LogP contribution is -2.58.